The van der Waals surface area contributed by atoms with Gasteiger partial charge in [0.05, 0.1) is 7.11 Å². The number of rotatable bonds is 4. The summed E-state index contributed by atoms with van der Waals surface area (Å²) < 4.78 is 27.2. The van der Waals surface area contributed by atoms with Crippen molar-refractivity contribution in [2.24, 2.45) is 0 Å². The number of ether oxygens (including phenoxy) is 1. The zero-order valence-corrected chi connectivity index (χ0v) is 13.0. The molecule has 0 aliphatic rings. The minimum absolute atomic E-state index is 0.395. The second kappa shape index (κ2) is 4.96. The van der Waals surface area contributed by atoms with Gasteiger partial charge in [-0.05, 0) is 51.0 Å². The molecule has 0 atom stereocenters. The highest BCUT2D eigenvalue weighted by atomic mass is 32.2. The van der Waals surface area contributed by atoms with E-state index in [1.807, 2.05) is 13.8 Å². The fourth-order valence-electron chi connectivity index (χ4n) is 1.92. The van der Waals surface area contributed by atoms with Crippen molar-refractivity contribution in [1.29, 1.82) is 0 Å². The van der Waals surface area contributed by atoms with Crippen molar-refractivity contribution < 1.29 is 17.9 Å². The van der Waals surface area contributed by atoms with E-state index in [0.717, 1.165) is 17.4 Å². The van der Waals surface area contributed by atoms with Gasteiger partial charge in [0.25, 0.3) is 0 Å². The Morgan fingerprint density at radius 1 is 1.16 bits per heavy atom. The minimum Gasteiger partial charge on any atom is -0.496 e. The lowest BCUT2D eigenvalue weighted by Crippen LogP contribution is -2.40. The van der Waals surface area contributed by atoms with Crippen LogP contribution in [0.1, 0.15) is 35.3 Å². The van der Waals surface area contributed by atoms with Crippen molar-refractivity contribution in [2.45, 2.75) is 32.4 Å². The number of methoxy groups -OCH3 is 1. The van der Waals surface area contributed by atoms with Crippen molar-refractivity contribution in [1.82, 2.24) is 0 Å². The summed E-state index contributed by atoms with van der Waals surface area (Å²) in [5, 5.41) is 0. The molecule has 1 rings (SSSR count). The van der Waals surface area contributed by atoms with Crippen LogP contribution in [0.2, 0.25) is 0 Å². The molecule has 0 unspecified atom stereocenters. The van der Waals surface area contributed by atoms with Crippen LogP contribution in [0.4, 0.5) is 0 Å². The van der Waals surface area contributed by atoms with Gasteiger partial charge in [0.15, 0.2) is 15.6 Å². The normalized spacial score (nSPS) is 12.3. The van der Waals surface area contributed by atoms with E-state index < -0.39 is 20.4 Å². The Morgan fingerprint density at radius 2 is 1.58 bits per heavy atom. The first-order valence-electron chi connectivity index (χ1n) is 5.92. The Hall–Kier alpha value is -1.36. The molecular weight excluding hydrogens is 264 g/mol. The molecule has 0 amide bonds. The summed E-state index contributed by atoms with van der Waals surface area (Å²) >= 11 is 0. The van der Waals surface area contributed by atoms with Gasteiger partial charge >= 0.3 is 0 Å². The number of hydrogen-bond acceptors (Lipinski definition) is 4. The van der Waals surface area contributed by atoms with E-state index in [2.05, 4.69) is 0 Å². The largest absolute Gasteiger partial charge is 0.496 e. The maximum Gasteiger partial charge on any atom is 0.183 e. The molecule has 1 aromatic carbocycles. The summed E-state index contributed by atoms with van der Waals surface area (Å²) in [6.45, 7) is 6.52. The predicted octanol–water partition coefficient (Wildman–Crippen LogP) is 2.32. The minimum atomic E-state index is -3.47. The second-order valence-corrected chi connectivity index (χ2v) is 7.82. The van der Waals surface area contributed by atoms with Crippen LogP contribution < -0.4 is 4.74 Å². The van der Waals surface area contributed by atoms with Crippen molar-refractivity contribution in [2.75, 3.05) is 13.4 Å². The third kappa shape index (κ3) is 2.81. The van der Waals surface area contributed by atoms with Gasteiger partial charge in [0, 0.05) is 11.8 Å². The highest BCUT2D eigenvalue weighted by Crippen LogP contribution is 2.28. The van der Waals surface area contributed by atoms with Crippen molar-refractivity contribution in [3.63, 3.8) is 0 Å². The van der Waals surface area contributed by atoms with E-state index in [9.17, 15) is 13.2 Å². The molecule has 0 N–H and O–H groups in total. The first kappa shape index (κ1) is 15.7. The van der Waals surface area contributed by atoms with Crippen LogP contribution in [0.3, 0.4) is 0 Å². The second-order valence-electron chi connectivity index (χ2n) is 5.25. The van der Waals surface area contributed by atoms with E-state index in [1.165, 1.54) is 13.8 Å². The molecular formula is C14H20O4S. The lowest BCUT2D eigenvalue weighted by Gasteiger charge is -2.22. The summed E-state index contributed by atoms with van der Waals surface area (Å²) in [7, 11) is -1.91. The number of hydrogen-bond donors (Lipinski definition) is 0. The van der Waals surface area contributed by atoms with Crippen molar-refractivity contribution in [3.8, 4) is 5.75 Å². The van der Waals surface area contributed by atoms with Gasteiger partial charge in [0.2, 0.25) is 0 Å². The maximum absolute atomic E-state index is 12.4. The molecule has 106 valence electrons. The molecule has 0 aliphatic carbocycles. The topological polar surface area (TPSA) is 60.4 Å². The first-order chi connectivity index (χ1) is 8.52. The van der Waals surface area contributed by atoms with Crippen molar-refractivity contribution >= 4 is 15.6 Å². The first-order valence-corrected chi connectivity index (χ1v) is 7.81. The average Bonchev–Trinajstić information content (AvgIpc) is 2.25. The monoisotopic (exact) mass is 284 g/mol. The smallest absolute Gasteiger partial charge is 0.183 e. The number of ketones is 1. The molecule has 0 saturated carbocycles. The third-order valence-corrected chi connectivity index (χ3v) is 5.44. The molecule has 19 heavy (non-hydrogen) atoms. The Morgan fingerprint density at radius 3 is 1.89 bits per heavy atom. The van der Waals surface area contributed by atoms with Crippen LogP contribution in [0.5, 0.6) is 5.75 Å². The van der Waals surface area contributed by atoms with Crippen LogP contribution in [0, 0.1) is 13.8 Å². The summed E-state index contributed by atoms with van der Waals surface area (Å²) in [5.74, 6) is 0.317. The SMILES string of the molecule is COc1c(C)cc(C(=O)C(C)(C)S(C)(=O)=O)cc1C. The fraction of sp³-hybridized carbons (Fsp3) is 0.500. The zero-order valence-electron chi connectivity index (χ0n) is 12.2. The zero-order chi connectivity index (χ0) is 15.0. The molecule has 0 aliphatic heterocycles. The highest BCUT2D eigenvalue weighted by Gasteiger charge is 2.39. The van der Waals surface area contributed by atoms with Gasteiger partial charge in [-0.25, -0.2) is 8.42 Å². The predicted molar refractivity (Wildman–Crippen MR) is 75.7 cm³/mol. The molecule has 4 nitrogen and oxygen atoms in total. The summed E-state index contributed by atoms with van der Waals surface area (Å²) in [6.07, 6.45) is 1.08. The summed E-state index contributed by atoms with van der Waals surface area (Å²) in [5.41, 5.74) is 2.02. The number of carbonyl (C=O) groups excluding carboxylic acids is 1. The molecule has 0 fully saturated rings. The number of aryl methyl sites for hydroxylation is 2. The number of Topliss-reactive ketones (excluding diaryl/α,β-unsaturated/α-hetero) is 1. The van der Waals surface area contributed by atoms with Crippen LogP contribution in [0.15, 0.2) is 12.1 Å². The number of carbonyl (C=O) groups is 1. The number of benzene rings is 1. The fourth-order valence-corrected chi connectivity index (χ4v) is 2.37. The Labute approximate surface area is 114 Å². The van der Waals surface area contributed by atoms with E-state index in [1.54, 1.807) is 19.2 Å². The standard InChI is InChI=1S/C14H20O4S/c1-9-7-11(8-10(2)12(9)18-5)13(15)14(3,4)19(6,16)17/h7-8H,1-6H3. The van der Waals surface area contributed by atoms with Gasteiger partial charge in [-0.15, -0.1) is 0 Å². The van der Waals surface area contributed by atoms with Crippen LogP contribution >= 0.6 is 0 Å². The molecule has 0 saturated heterocycles. The molecule has 0 spiro atoms. The third-order valence-electron chi connectivity index (χ3n) is 3.40. The molecule has 0 aromatic heterocycles. The Kier molecular flexibility index (Phi) is 4.10. The molecule has 0 radical (unpaired) electrons. The molecule has 0 bridgehead atoms. The Balaban J connectivity index is 3.38. The van der Waals surface area contributed by atoms with Gasteiger partial charge in [-0.2, -0.15) is 0 Å². The van der Waals surface area contributed by atoms with Gasteiger partial charge in [-0.1, -0.05) is 0 Å². The summed E-state index contributed by atoms with van der Waals surface area (Å²) in [6, 6.07) is 3.34. The maximum atomic E-state index is 12.4. The quantitative estimate of drug-likeness (QED) is 0.796. The van der Waals surface area contributed by atoms with Gasteiger partial charge in [-0.3, -0.25) is 4.79 Å². The van der Waals surface area contributed by atoms with Gasteiger partial charge < -0.3 is 4.74 Å². The molecule has 5 heteroatoms. The highest BCUT2D eigenvalue weighted by molar-refractivity contribution is 7.92. The van der Waals surface area contributed by atoms with E-state index in [0.29, 0.717) is 11.3 Å². The van der Waals surface area contributed by atoms with Crippen LogP contribution in [-0.2, 0) is 9.84 Å². The summed E-state index contributed by atoms with van der Waals surface area (Å²) in [4.78, 5) is 12.4. The van der Waals surface area contributed by atoms with E-state index in [-0.39, 0.29) is 0 Å². The van der Waals surface area contributed by atoms with E-state index >= 15 is 0 Å². The van der Waals surface area contributed by atoms with Gasteiger partial charge in [0.1, 0.15) is 10.5 Å². The van der Waals surface area contributed by atoms with Crippen molar-refractivity contribution in [3.05, 3.63) is 28.8 Å². The van der Waals surface area contributed by atoms with E-state index in [4.69, 9.17) is 4.74 Å². The number of sulfone groups is 1. The Bertz CT molecular complexity index is 589. The average molecular weight is 284 g/mol. The van der Waals surface area contributed by atoms with Crippen LogP contribution in [0.25, 0.3) is 0 Å². The lowest BCUT2D eigenvalue weighted by molar-refractivity contribution is 0.0954. The molecule has 1 aromatic rings. The van der Waals surface area contributed by atoms with Crippen LogP contribution in [-0.4, -0.2) is 32.3 Å². The molecule has 0 heterocycles. The lowest BCUT2D eigenvalue weighted by atomic mass is 9.96.